The highest BCUT2D eigenvalue weighted by Gasteiger charge is 1.97. The molecule has 0 aliphatic carbocycles. The molecule has 22 heavy (non-hydrogen) atoms. The Balaban J connectivity index is 1.74. The van der Waals surface area contributed by atoms with Gasteiger partial charge in [-0.3, -0.25) is 0 Å². The normalized spacial score (nSPS) is 10.6. The molecule has 2 aromatic carbocycles. The van der Waals surface area contributed by atoms with Crippen LogP contribution in [-0.2, 0) is 6.42 Å². The zero-order chi connectivity index (χ0) is 15.6. The molecule has 2 rings (SSSR count). The minimum Gasteiger partial charge on any atom is -0.356 e. The molecule has 0 fully saturated rings. The fraction of sp³-hybridized carbons (Fsp3) is 0.400. The van der Waals surface area contributed by atoms with Gasteiger partial charge >= 0.3 is 0 Å². The van der Waals surface area contributed by atoms with E-state index in [1.165, 1.54) is 50.5 Å². The second kappa shape index (κ2) is 9.68. The smallest absolute Gasteiger partial charge is 0.0384 e. The minimum absolute atomic E-state index is 1.10. The molecule has 0 unspecified atom stereocenters. The van der Waals surface area contributed by atoms with Crippen LogP contribution in [0.15, 0.2) is 53.0 Å². The lowest BCUT2D eigenvalue weighted by molar-refractivity contribution is 0.607. The van der Waals surface area contributed by atoms with Gasteiger partial charge in [-0.2, -0.15) is 0 Å². The van der Waals surface area contributed by atoms with Crippen LogP contribution in [0.25, 0.3) is 0 Å². The van der Waals surface area contributed by atoms with Gasteiger partial charge in [0.25, 0.3) is 0 Å². The van der Waals surface area contributed by atoms with E-state index in [9.17, 15) is 0 Å². The predicted molar refractivity (Wildman–Crippen MR) is 101 cm³/mol. The highest BCUT2D eigenvalue weighted by molar-refractivity contribution is 9.10. The van der Waals surface area contributed by atoms with Crippen LogP contribution in [-0.4, -0.2) is 0 Å². The molecule has 0 saturated carbocycles. The molecule has 0 radical (unpaired) electrons. The topological polar surface area (TPSA) is 12.0 Å². The number of aryl methyl sites for hydroxylation is 1. The molecule has 0 bridgehead atoms. The largest absolute Gasteiger partial charge is 0.356 e. The molecule has 2 heteroatoms. The first kappa shape index (κ1) is 17.1. The van der Waals surface area contributed by atoms with Crippen molar-refractivity contribution >= 4 is 27.3 Å². The molecule has 1 N–H and O–H groups in total. The number of hydrogen-bond acceptors (Lipinski definition) is 1. The van der Waals surface area contributed by atoms with Gasteiger partial charge in [-0.05, 0) is 54.8 Å². The lowest BCUT2D eigenvalue weighted by Crippen LogP contribution is -1.91. The standard InChI is InChI=1S/C20H26BrN/c1-2-3-4-5-6-7-8-17-9-13-19(14-10-17)22-20-15-11-18(21)12-16-20/h9-16,22H,2-8H2,1H3. The van der Waals surface area contributed by atoms with Crippen LogP contribution in [0, 0.1) is 0 Å². The third-order valence-electron chi connectivity index (χ3n) is 3.91. The number of unbranched alkanes of at least 4 members (excludes halogenated alkanes) is 5. The summed E-state index contributed by atoms with van der Waals surface area (Å²) in [6.45, 7) is 2.27. The summed E-state index contributed by atoms with van der Waals surface area (Å²) in [5.74, 6) is 0. The van der Waals surface area contributed by atoms with E-state index >= 15 is 0 Å². The van der Waals surface area contributed by atoms with E-state index in [2.05, 4.69) is 76.7 Å². The lowest BCUT2D eigenvalue weighted by Gasteiger charge is -2.08. The SMILES string of the molecule is CCCCCCCCc1ccc(Nc2ccc(Br)cc2)cc1. The molecule has 118 valence electrons. The molecule has 2 aromatic rings. The zero-order valence-corrected chi connectivity index (χ0v) is 15.0. The zero-order valence-electron chi connectivity index (χ0n) is 13.4. The van der Waals surface area contributed by atoms with Crippen LogP contribution < -0.4 is 5.32 Å². The van der Waals surface area contributed by atoms with E-state index in [1.54, 1.807) is 0 Å². The molecule has 0 aliphatic heterocycles. The Morgan fingerprint density at radius 1 is 0.727 bits per heavy atom. The molecule has 0 amide bonds. The van der Waals surface area contributed by atoms with Gasteiger partial charge in [-0.25, -0.2) is 0 Å². The van der Waals surface area contributed by atoms with Gasteiger partial charge in [-0.1, -0.05) is 67.1 Å². The van der Waals surface area contributed by atoms with Crippen LogP contribution in [0.4, 0.5) is 11.4 Å². The monoisotopic (exact) mass is 359 g/mol. The number of anilines is 2. The van der Waals surface area contributed by atoms with Gasteiger partial charge in [0.1, 0.15) is 0 Å². The summed E-state index contributed by atoms with van der Waals surface area (Å²) in [7, 11) is 0. The van der Waals surface area contributed by atoms with Crippen LogP contribution in [0.5, 0.6) is 0 Å². The fourth-order valence-corrected chi connectivity index (χ4v) is 2.83. The van der Waals surface area contributed by atoms with Gasteiger partial charge in [0.2, 0.25) is 0 Å². The van der Waals surface area contributed by atoms with Crippen LogP contribution in [0.2, 0.25) is 0 Å². The molecule has 0 saturated heterocycles. The lowest BCUT2D eigenvalue weighted by atomic mass is 10.0. The van der Waals surface area contributed by atoms with Crippen molar-refractivity contribution in [2.24, 2.45) is 0 Å². The molecular weight excluding hydrogens is 334 g/mol. The van der Waals surface area contributed by atoms with E-state index in [0.717, 1.165) is 15.8 Å². The average molecular weight is 360 g/mol. The average Bonchev–Trinajstić information content (AvgIpc) is 2.54. The van der Waals surface area contributed by atoms with E-state index in [0.29, 0.717) is 0 Å². The fourth-order valence-electron chi connectivity index (χ4n) is 2.56. The summed E-state index contributed by atoms with van der Waals surface area (Å²) in [5, 5.41) is 3.43. The molecule has 0 heterocycles. The summed E-state index contributed by atoms with van der Waals surface area (Å²) in [6, 6.07) is 17.1. The summed E-state index contributed by atoms with van der Waals surface area (Å²) in [4.78, 5) is 0. The number of nitrogens with one attached hydrogen (secondary N) is 1. The Kier molecular flexibility index (Phi) is 7.51. The van der Waals surface area contributed by atoms with Crippen molar-refractivity contribution in [2.45, 2.75) is 51.9 Å². The van der Waals surface area contributed by atoms with Crippen molar-refractivity contribution in [1.29, 1.82) is 0 Å². The Bertz CT molecular complexity index is 531. The molecular formula is C20H26BrN. The Labute approximate surface area is 143 Å². The van der Waals surface area contributed by atoms with Gasteiger partial charge in [0, 0.05) is 15.8 Å². The summed E-state index contributed by atoms with van der Waals surface area (Å²) in [5.41, 5.74) is 3.71. The second-order valence-electron chi connectivity index (χ2n) is 5.85. The van der Waals surface area contributed by atoms with E-state index < -0.39 is 0 Å². The number of rotatable bonds is 9. The summed E-state index contributed by atoms with van der Waals surface area (Å²) in [6.07, 6.45) is 9.36. The molecule has 1 nitrogen and oxygen atoms in total. The molecule has 0 aliphatic rings. The summed E-state index contributed by atoms with van der Waals surface area (Å²) < 4.78 is 1.10. The van der Waals surface area contributed by atoms with E-state index in [-0.39, 0.29) is 0 Å². The van der Waals surface area contributed by atoms with Crippen LogP contribution >= 0.6 is 15.9 Å². The number of benzene rings is 2. The first-order valence-corrected chi connectivity index (χ1v) is 9.19. The predicted octanol–water partition coefficient (Wildman–Crippen LogP) is 7.10. The Morgan fingerprint density at radius 2 is 1.27 bits per heavy atom. The Hall–Kier alpha value is -1.28. The van der Waals surface area contributed by atoms with Crippen LogP contribution in [0.1, 0.15) is 51.0 Å². The van der Waals surface area contributed by atoms with Crippen molar-refractivity contribution in [1.82, 2.24) is 0 Å². The van der Waals surface area contributed by atoms with Gasteiger partial charge in [-0.15, -0.1) is 0 Å². The third-order valence-corrected chi connectivity index (χ3v) is 4.43. The Morgan fingerprint density at radius 3 is 1.91 bits per heavy atom. The van der Waals surface area contributed by atoms with Crippen molar-refractivity contribution in [3.8, 4) is 0 Å². The van der Waals surface area contributed by atoms with Crippen molar-refractivity contribution in [3.05, 3.63) is 58.6 Å². The highest BCUT2D eigenvalue weighted by Crippen LogP contribution is 2.20. The van der Waals surface area contributed by atoms with E-state index in [1.807, 2.05) is 0 Å². The number of hydrogen-bond donors (Lipinski definition) is 1. The minimum atomic E-state index is 1.10. The first-order chi connectivity index (χ1) is 10.8. The van der Waals surface area contributed by atoms with Gasteiger partial charge in [0.05, 0.1) is 0 Å². The van der Waals surface area contributed by atoms with Crippen molar-refractivity contribution in [3.63, 3.8) is 0 Å². The second-order valence-corrected chi connectivity index (χ2v) is 6.76. The third kappa shape index (κ3) is 6.23. The maximum Gasteiger partial charge on any atom is 0.0384 e. The van der Waals surface area contributed by atoms with Gasteiger partial charge in [0.15, 0.2) is 0 Å². The molecule has 0 spiro atoms. The molecule has 0 aromatic heterocycles. The maximum atomic E-state index is 3.46. The summed E-state index contributed by atoms with van der Waals surface area (Å²) >= 11 is 3.46. The van der Waals surface area contributed by atoms with Gasteiger partial charge < -0.3 is 5.32 Å². The number of halogens is 1. The molecule has 0 atom stereocenters. The van der Waals surface area contributed by atoms with Crippen molar-refractivity contribution in [2.75, 3.05) is 5.32 Å². The quantitative estimate of drug-likeness (QED) is 0.471. The van der Waals surface area contributed by atoms with Crippen molar-refractivity contribution < 1.29 is 0 Å². The van der Waals surface area contributed by atoms with E-state index in [4.69, 9.17) is 0 Å². The maximum absolute atomic E-state index is 3.46. The van der Waals surface area contributed by atoms with Crippen LogP contribution in [0.3, 0.4) is 0 Å². The first-order valence-electron chi connectivity index (χ1n) is 8.39. The highest BCUT2D eigenvalue weighted by atomic mass is 79.9.